The number of hydrogen-bond donors (Lipinski definition) is 5. The predicted molar refractivity (Wildman–Crippen MR) is 158 cm³/mol. The third-order valence-electron chi connectivity index (χ3n) is 6.50. The van der Waals surface area contributed by atoms with Gasteiger partial charge in [-0.1, -0.05) is 72.8 Å². The van der Waals surface area contributed by atoms with Crippen molar-refractivity contribution in [1.82, 2.24) is 15.6 Å². The predicted octanol–water partition coefficient (Wildman–Crippen LogP) is 2.88. The van der Waals surface area contributed by atoms with Gasteiger partial charge in [0.05, 0.1) is 0 Å². The highest BCUT2D eigenvalue weighted by Gasteiger charge is 2.38. The molecule has 0 unspecified atom stereocenters. The van der Waals surface area contributed by atoms with Crippen LogP contribution in [0.4, 0.5) is 9.59 Å². The van der Waals surface area contributed by atoms with Crippen LogP contribution in [-0.2, 0) is 38.7 Å². The third-order valence-corrected chi connectivity index (χ3v) is 6.50. The number of nitrogens with zero attached hydrogens (tertiary/aromatic N) is 1. The van der Waals surface area contributed by atoms with Gasteiger partial charge >= 0.3 is 12.2 Å². The summed E-state index contributed by atoms with van der Waals surface area (Å²) in [4.78, 5) is 53.9. The number of hydrazine groups is 1. The summed E-state index contributed by atoms with van der Waals surface area (Å²) in [6, 6.07) is 21.2. The van der Waals surface area contributed by atoms with Crippen LogP contribution in [0.5, 0.6) is 5.75 Å². The number of nitrogens with one attached hydrogen (secondary N) is 2. The Hall–Kier alpha value is -4.94. The zero-order valence-electron chi connectivity index (χ0n) is 23.7. The number of nitrogens with two attached hydrogens (primary N) is 2. The number of amides is 4. The van der Waals surface area contributed by atoms with E-state index in [-0.39, 0.29) is 31.8 Å². The largest absolute Gasteiger partial charge is 0.508 e. The molecule has 0 aliphatic heterocycles. The number of rotatable bonds is 14. The van der Waals surface area contributed by atoms with E-state index in [9.17, 15) is 24.3 Å². The number of unbranched alkanes of at least 4 members (excludes halogenated alkanes) is 1. The summed E-state index contributed by atoms with van der Waals surface area (Å²) >= 11 is 0. The summed E-state index contributed by atoms with van der Waals surface area (Å²) < 4.78 is 10.9. The van der Waals surface area contributed by atoms with Crippen LogP contribution >= 0.6 is 0 Å². The first-order valence-corrected chi connectivity index (χ1v) is 13.8. The van der Waals surface area contributed by atoms with Crippen molar-refractivity contribution in [2.24, 2.45) is 11.6 Å². The molecule has 0 spiro atoms. The Morgan fingerprint density at radius 1 is 0.744 bits per heavy atom. The Morgan fingerprint density at radius 3 is 1.77 bits per heavy atom. The third kappa shape index (κ3) is 10.4. The molecule has 3 aromatic rings. The molecule has 0 fully saturated rings. The van der Waals surface area contributed by atoms with Crippen molar-refractivity contribution < 1.29 is 33.8 Å². The first-order chi connectivity index (χ1) is 20.8. The second-order valence-corrected chi connectivity index (χ2v) is 9.69. The van der Waals surface area contributed by atoms with Crippen LogP contribution in [0.3, 0.4) is 0 Å². The Balaban J connectivity index is 1.88. The maximum absolute atomic E-state index is 13.8. The fraction of sp³-hybridized carbons (Fsp3) is 0.290. The van der Waals surface area contributed by atoms with Crippen molar-refractivity contribution in [2.75, 3.05) is 6.54 Å². The molecule has 0 aromatic heterocycles. The maximum Gasteiger partial charge on any atom is 0.420 e. The van der Waals surface area contributed by atoms with Crippen molar-refractivity contribution in [3.8, 4) is 5.75 Å². The van der Waals surface area contributed by atoms with Crippen LogP contribution in [0.1, 0.15) is 36.0 Å². The fourth-order valence-corrected chi connectivity index (χ4v) is 4.21. The quantitative estimate of drug-likeness (QED) is 0.0813. The SMILES string of the molecule is NCCCC[C@H](C(=O)N[C@H](Cc1ccc(O)cc1)C(=O)NN)N(C(=O)OCc1ccccc1)C(=O)OCc1ccccc1. The molecule has 12 nitrogen and oxygen atoms in total. The van der Waals surface area contributed by atoms with Gasteiger partial charge < -0.3 is 25.6 Å². The molecule has 43 heavy (non-hydrogen) atoms. The highest BCUT2D eigenvalue weighted by atomic mass is 16.6. The van der Waals surface area contributed by atoms with E-state index >= 15 is 0 Å². The molecule has 3 aromatic carbocycles. The normalized spacial score (nSPS) is 12.0. The van der Waals surface area contributed by atoms with Gasteiger partial charge in [0.25, 0.3) is 5.91 Å². The van der Waals surface area contributed by atoms with Crippen molar-refractivity contribution >= 4 is 24.0 Å². The smallest absolute Gasteiger partial charge is 0.420 e. The summed E-state index contributed by atoms with van der Waals surface area (Å²) in [5.74, 6) is 3.92. The number of benzene rings is 3. The number of imide groups is 1. The Morgan fingerprint density at radius 2 is 1.28 bits per heavy atom. The lowest BCUT2D eigenvalue weighted by Crippen LogP contribution is -2.57. The van der Waals surface area contributed by atoms with Gasteiger partial charge in [0.1, 0.15) is 31.0 Å². The van der Waals surface area contributed by atoms with Crippen molar-refractivity contribution in [2.45, 2.75) is 51.0 Å². The summed E-state index contributed by atoms with van der Waals surface area (Å²) in [6.45, 7) is 0.0149. The minimum absolute atomic E-state index is 0.0154. The molecule has 0 radical (unpaired) electrons. The highest BCUT2D eigenvalue weighted by Crippen LogP contribution is 2.17. The molecule has 0 bridgehead atoms. The van der Waals surface area contributed by atoms with Crippen molar-refractivity contribution in [3.05, 3.63) is 102 Å². The second kappa shape index (κ2) is 17.1. The van der Waals surface area contributed by atoms with Gasteiger partial charge in [-0.3, -0.25) is 15.0 Å². The number of ether oxygens (including phenoxy) is 2. The van der Waals surface area contributed by atoms with E-state index in [2.05, 4.69) is 5.32 Å². The molecule has 0 aliphatic rings. The molecule has 3 rings (SSSR count). The topological polar surface area (TPSA) is 186 Å². The second-order valence-electron chi connectivity index (χ2n) is 9.69. The monoisotopic (exact) mass is 591 g/mol. The summed E-state index contributed by atoms with van der Waals surface area (Å²) in [5.41, 5.74) is 9.66. The number of hydrogen-bond acceptors (Lipinski definition) is 9. The molecule has 228 valence electrons. The van der Waals surface area contributed by atoms with E-state index < -0.39 is 36.1 Å². The Bertz CT molecular complexity index is 1270. The average molecular weight is 592 g/mol. The van der Waals surface area contributed by atoms with E-state index in [1.807, 2.05) is 17.6 Å². The zero-order valence-corrected chi connectivity index (χ0v) is 23.7. The summed E-state index contributed by atoms with van der Waals surface area (Å²) in [5, 5.41) is 12.2. The highest BCUT2D eigenvalue weighted by molar-refractivity contribution is 5.97. The van der Waals surface area contributed by atoms with Crippen molar-refractivity contribution in [1.29, 1.82) is 0 Å². The summed E-state index contributed by atoms with van der Waals surface area (Å²) in [7, 11) is 0. The van der Waals surface area contributed by atoms with Gasteiger partial charge in [0.2, 0.25) is 5.91 Å². The number of phenolic OH excluding ortho intramolecular Hbond substituents is 1. The van der Waals surface area contributed by atoms with Crippen LogP contribution in [0.2, 0.25) is 0 Å². The van der Waals surface area contributed by atoms with Gasteiger partial charge in [-0.2, -0.15) is 4.90 Å². The fourth-order valence-electron chi connectivity index (χ4n) is 4.21. The first-order valence-electron chi connectivity index (χ1n) is 13.8. The molecular weight excluding hydrogens is 554 g/mol. The average Bonchev–Trinajstić information content (AvgIpc) is 3.03. The number of phenols is 1. The lowest BCUT2D eigenvalue weighted by atomic mass is 10.0. The lowest BCUT2D eigenvalue weighted by Gasteiger charge is -2.29. The summed E-state index contributed by atoms with van der Waals surface area (Å²) in [6.07, 6.45) is -1.24. The molecule has 2 atom stereocenters. The van der Waals surface area contributed by atoms with Crippen LogP contribution in [0.15, 0.2) is 84.9 Å². The molecule has 0 saturated heterocycles. The molecule has 0 heterocycles. The number of carbonyl (C=O) groups is 4. The minimum atomic E-state index is -1.40. The van der Waals surface area contributed by atoms with Crippen LogP contribution in [0, 0.1) is 0 Å². The Labute approximate surface area is 249 Å². The standard InChI is InChI=1S/C31H37N5O7/c32-18-8-7-13-27(29(39)34-26(28(38)35-33)19-22-14-16-25(37)17-15-22)36(30(40)42-20-23-9-3-1-4-10-23)31(41)43-21-24-11-5-2-6-12-24/h1-6,9-12,14-17,26-27,37H,7-8,13,18-21,32-33H2,(H,34,39)(H,35,38)/t26-,27-/m1/s1. The van der Waals surface area contributed by atoms with E-state index in [0.717, 1.165) is 0 Å². The molecule has 0 saturated carbocycles. The van der Waals surface area contributed by atoms with Gasteiger partial charge in [-0.05, 0) is 54.6 Å². The van der Waals surface area contributed by atoms with Crippen molar-refractivity contribution in [3.63, 3.8) is 0 Å². The number of aromatic hydroxyl groups is 1. The molecule has 4 amide bonds. The van der Waals surface area contributed by atoms with E-state index in [1.165, 1.54) is 12.1 Å². The first kappa shape index (κ1) is 32.6. The molecular formula is C31H37N5O7. The minimum Gasteiger partial charge on any atom is -0.508 e. The van der Waals surface area contributed by atoms with Crippen LogP contribution in [0.25, 0.3) is 0 Å². The van der Waals surface area contributed by atoms with Gasteiger partial charge in [-0.15, -0.1) is 0 Å². The molecule has 0 aliphatic carbocycles. The zero-order chi connectivity index (χ0) is 31.0. The van der Waals surface area contributed by atoms with Gasteiger partial charge in [-0.25, -0.2) is 15.4 Å². The number of carbonyl (C=O) groups excluding carboxylic acids is 4. The van der Waals surface area contributed by atoms with E-state index in [4.69, 9.17) is 21.1 Å². The van der Waals surface area contributed by atoms with E-state index in [1.54, 1.807) is 60.7 Å². The van der Waals surface area contributed by atoms with Gasteiger partial charge in [0, 0.05) is 6.42 Å². The lowest BCUT2D eigenvalue weighted by molar-refractivity contribution is -0.131. The maximum atomic E-state index is 13.8. The van der Waals surface area contributed by atoms with Gasteiger partial charge in [0.15, 0.2) is 0 Å². The van der Waals surface area contributed by atoms with Crippen LogP contribution < -0.4 is 22.3 Å². The van der Waals surface area contributed by atoms with Crippen LogP contribution in [-0.4, -0.2) is 52.6 Å². The molecule has 7 N–H and O–H groups in total. The molecule has 12 heteroatoms. The van der Waals surface area contributed by atoms with E-state index in [0.29, 0.717) is 41.0 Å². The Kier molecular flexibility index (Phi) is 13.0.